The lowest BCUT2D eigenvalue weighted by Gasteiger charge is -2.20. The number of rotatable bonds is 2. The van der Waals surface area contributed by atoms with E-state index in [1.54, 1.807) is 0 Å². The van der Waals surface area contributed by atoms with Gasteiger partial charge in [0.1, 0.15) is 0 Å². The Labute approximate surface area is 211 Å². The predicted octanol–water partition coefficient (Wildman–Crippen LogP) is 10.3. The fourth-order valence-electron chi connectivity index (χ4n) is 6.18. The molecule has 0 atom stereocenters. The third-order valence-corrected chi connectivity index (χ3v) is 7.70. The van der Waals surface area contributed by atoms with Crippen molar-refractivity contribution in [2.45, 2.75) is 13.8 Å². The lowest BCUT2D eigenvalue weighted by Crippen LogP contribution is -1.93. The van der Waals surface area contributed by atoms with Crippen molar-refractivity contribution < 1.29 is 0 Å². The highest BCUT2D eigenvalue weighted by molar-refractivity contribution is 6.25. The van der Waals surface area contributed by atoms with Gasteiger partial charge in [0.15, 0.2) is 0 Å². The summed E-state index contributed by atoms with van der Waals surface area (Å²) in [4.78, 5) is 0. The Hall–Kier alpha value is -4.42. The van der Waals surface area contributed by atoms with Crippen molar-refractivity contribution in [1.82, 2.24) is 0 Å². The lowest BCUT2D eigenvalue weighted by atomic mass is 9.83. The first kappa shape index (κ1) is 20.9. The van der Waals surface area contributed by atoms with Gasteiger partial charge in [0.2, 0.25) is 0 Å². The topological polar surface area (TPSA) is 0 Å². The monoisotopic (exact) mass is 458 g/mol. The minimum Gasteiger partial charge on any atom is -0.0616 e. The van der Waals surface area contributed by atoms with Gasteiger partial charge in [0.05, 0.1) is 0 Å². The third kappa shape index (κ3) is 3.01. The maximum Gasteiger partial charge on any atom is -0.00200 e. The zero-order valence-electron chi connectivity index (χ0n) is 20.5. The van der Waals surface area contributed by atoms with Gasteiger partial charge >= 0.3 is 0 Å². The van der Waals surface area contributed by atoms with E-state index in [2.05, 4.69) is 135 Å². The van der Waals surface area contributed by atoms with Crippen LogP contribution >= 0.6 is 0 Å². The Morgan fingerprint density at radius 1 is 0.333 bits per heavy atom. The first-order chi connectivity index (χ1) is 17.7. The van der Waals surface area contributed by atoms with Crippen LogP contribution in [0, 0.1) is 13.8 Å². The molecular formula is C36H26. The molecule has 0 nitrogen and oxygen atoms in total. The van der Waals surface area contributed by atoms with Crippen LogP contribution in [-0.4, -0.2) is 0 Å². The van der Waals surface area contributed by atoms with E-state index in [1.807, 2.05) is 0 Å². The van der Waals surface area contributed by atoms with Gasteiger partial charge < -0.3 is 0 Å². The van der Waals surface area contributed by atoms with Gasteiger partial charge in [-0.15, -0.1) is 0 Å². The zero-order valence-corrected chi connectivity index (χ0v) is 20.5. The summed E-state index contributed by atoms with van der Waals surface area (Å²) in [5.74, 6) is 0. The molecule has 36 heavy (non-hydrogen) atoms. The van der Waals surface area contributed by atoms with Gasteiger partial charge in [-0.1, -0.05) is 121 Å². The van der Waals surface area contributed by atoms with Gasteiger partial charge in [0.25, 0.3) is 0 Å². The average Bonchev–Trinajstić information content (AvgIpc) is 2.91. The fraction of sp³-hybridized carbons (Fsp3) is 0.0556. The number of hydrogen-bond acceptors (Lipinski definition) is 0. The van der Waals surface area contributed by atoms with Crippen LogP contribution in [-0.2, 0) is 0 Å². The quantitative estimate of drug-likeness (QED) is 0.226. The minimum absolute atomic E-state index is 1.29. The smallest absolute Gasteiger partial charge is 0.00200 e. The molecule has 0 aromatic heterocycles. The van der Waals surface area contributed by atoms with Crippen molar-refractivity contribution in [3.63, 3.8) is 0 Å². The van der Waals surface area contributed by atoms with Crippen LogP contribution in [0.2, 0.25) is 0 Å². The Morgan fingerprint density at radius 2 is 0.667 bits per heavy atom. The van der Waals surface area contributed by atoms with E-state index in [-0.39, 0.29) is 0 Å². The highest BCUT2D eigenvalue weighted by atomic mass is 14.2. The Bertz CT molecular complexity index is 1750. The first-order valence-electron chi connectivity index (χ1n) is 12.6. The van der Waals surface area contributed by atoms with E-state index in [9.17, 15) is 0 Å². The summed E-state index contributed by atoms with van der Waals surface area (Å²) in [5, 5.41) is 10.4. The molecule has 170 valence electrons. The molecule has 0 saturated heterocycles. The highest BCUT2D eigenvalue weighted by Gasteiger charge is 2.19. The zero-order chi connectivity index (χ0) is 24.2. The third-order valence-electron chi connectivity index (χ3n) is 7.70. The van der Waals surface area contributed by atoms with Crippen molar-refractivity contribution in [3.05, 3.63) is 132 Å². The summed E-state index contributed by atoms with van der Waals surface area (Å²) in [7, 11) is 0. The normalized spacial score (nSPS) is 11.6. The van der Waals surface area contributed by atoms with Crippen LogP contribution in [0.1, 0.15) is 11.1 Å². The standard InChI is InChI=1S/C36H26/c1-23-11-7-13-25-15-9-21-31(33(23)25)35-27-17-3-5-19-29(27)36(30-20-6-4-18-28(30)35)32-22-10-16-26-14-8-12-24(2)34(26)32/h3-22H,1-2H3. The van der Waals surface area contributed by atoms with Crippen LogP contribution < -0.4 is 0 Å². The molecule has 0 aliphatic rings. The Morgan fingerprint density at radius 3 is 1.03 bits per heavy atom. The van der Waals surface area contributed by atoms with Crippen LogP contribution in [0.3, 0.4) is 0 Å². The number of hydrogen-bond donors (Lipinski definition) is 0. The van der Waals surface area contributed by atoms with Crippen LogP contribution in [0.15, 0.2) is 121 Å². The van der Waals surface area contributed by atoms with Crippen LogP contribution in [0.25, 0.3) is 65.3 Å². The molecule has 0 N–H and O–H groups in total. The van der Waals surface area contributed by atoms with Gasteiger partial charge in [0, 0.05) is 0 Å². The van der Waals surface area contributed by atoms with Crippen molar-refractivity contribution in [2.24, 2.45) is 0 Å². The van der Waals surface area contributed by atoms with E-state index >= 15 is 0 Å². The van der Waals surface area contributed by atoms with Crippen LogP contribution in [0.5, 0.6) is 0 Å². The van der Waals surface area contributed by atoms with E-state index in [0.717, 1.165) is 0 Å². The summed E-state index contributed by atoms with van der Waals surface area (Å²) >= 11 is 0. The summed E-state index contributed by atoms with van der Waals surface area (Å²) < 4.78 is 0. The molecular weight excluding hydrogens is 432 g/mol. The summed E-state index contributed by atoms with van der Waals surface area (Å²) in [6.07, 6.45) is 0. The lowest BCUT2D eigenvalue weighted by molar-refractivity contribution is 1.53. The maximum absolute atomic E-state index is 2.30. The molecule has 0 spiro atoms. The Balaban J connectivity index is 1.72. The summed E-state index contributed by atoms with van der Waals surface area (Å²) in [6, 6.07) is 44.6. The van der Waals surface area contributed by atoms with Gasteiger partial charge in [-0.2, -0.15) is 0 Å². The van der Waals surface area contributed by atoms with Gasteiger partial charge in [-0.3, -0.25) is 0 Å². The molecule has 0 unspecified atom stereocenters. The van der Waals surface area contributed by atoms with Crippen molar-refractivity contribution >= 4 is 43.1 Å². The van der Waals surface area contributed by atoms with E-state index in [4.69, 9.17) is 0 Å². The minimum atomic E-state index is 1.29. The van der Waals surface area contributed by atoms with Crippen molar-refractivity contribution in [3.8, 4) is 22.3 Å². The van der Waals surface area contributed by atoms with Crippen molar-refractivity contribution in [1.29, 1.82) is 0 Å². The molecule has 7 aromatic rings. The average molecular weight is 459 g/mol. The molecule has 0 saturated carbocycles. The molecule has 0 heteroatoms. The Kier molecular flexibility index (Phi) is 4.69. The summed E-state index contributed by atoms with van der Waals surface area (Å²) in [6.45, 7) is 4.45. The number of fused-ring (bicyclic) bond motifs is 4. The molecule has 0 amide bonds. The first-order valence-corrected chi connectivity index (χ1v) is 12.6. The molecule has 0 bridgehead atoms. The maximum atomic E-state index is 2.30. The fourth-order valence-corrected chi connectivity index (χ4v) is 6.18. The van der Waals surface area contributed by atoms with E-state index in [1.165, 1.54) is 76.5 Å². The molecule has 7 rings (SSSR count). The molecule has 0 heterocycles. The van der Waals surface area contributed by atoms with E-state index < -0.39 is 0 Å². The van der Waals surface area contributed by atoms with Gasteiger partial charge in [-0.25, -0.2) is 0 Å². The van der Waals surface area contributed by atoms with E-state index in [0.29, 0.717) is 0 Å². The molecule has 0 aliphatic heterocycles. The van der Waals surface area contributed by atoms with Gasteiger partial charge in [-0.05, 0) is 90.3 Å². The van der Waals surface area contributed by atoms with Crippen molar-refractivity contribution in [2.75, 3.05) is 0 Å². The highest BCUT2D eigenvalue weighted by Crippen LogP contribution is 2.47. The van der Waals surface area contributed by atoms with Crippen LogP contribution in [0.4, 0.5) is 0 Å². The number of benzene rings is 7. The molecule has 0 fully saturated rings. The summed E-state index contributed by atoms with van der Waals surface area (Å²) in [5.41, 5.74) is 7.87. The largest absolute Gasteiger partial charge is 0.0616 e. The second kappa shape index (κ2) is 8.07. The molecule has 7 aromatic carbocycles. The predicted molar refractivity (Wildman–Crippen MR) is 157 cm³/mol. The molecule has 0 aliphatic carbocycles. The second-order valence-electron chi connectivity index (χ2n) is 9.80. The number of aryl methyl sites for hydroxylation is 2. The second-order valence-corrected chi connectivity index (χ2v) is 9.80. The molecule has 0 radical (unpaired) electrons. The SMILES string of the molecule is Cc1cccc2cccc(-c3c4ccccc4c(-c4cccc5cccc(C)c45)c4ccccc34)c12.